The number of halogens is 1. The average Bonchev–Trinajstić information content (AvgIpc) is 3.06. The number of rotatable bonds is 7. The largest absolute Gasteiger partial charge is 0.350 e. The molecule has 3 nitrogen and oxygen atoms in total. The third-order valence-electron chi connectivity index (χ3n) is 3.76. The predicted molar refractivity (Wildman–Crippen MR) is 93.8 cm³/mol. The molecule has 22 heavy (non-hydrogen) atoms. The molecule has 0 bridgehead atoms. The van der Waals surface area contributed by atoms with Gasteiger partial charge >= 0.3 is 0 Å². The Morgan fingerprint density at radius 2 is 2.00 bits per heavy atom. The first-order valence-electron chi connectivity index (χ1n) is 7.46. The molecule has 1 aromatic heterocycles. The summed E-state index contributed by atoms with van der Waals surface area (Å²) in [5.74, 6) is -0.0366. The molecule has 0 saturated heterocycles. The van der Waals surface area contributed by atoms with Crippen LogP contribution in [-0.4, -0.2) is 30.4 Å². The van der Waals surface area contributed by atoms with Crippen molar-refractivity contribution in [2.24, 2.45) is 0 Å². The molecule has 1 aromatic carbocycles. The van der Waals surface area contributed by atoms with Crippen LogP contribution < -0.4 is 5.32 Å². The van der Waals surface area contributed by atoms with E-state index < -0.39 is 0 Å². The van der Waals surface area contributed by atoms with E-state index in [0.717, 1.165) is 23.7 Å². The van der Waals surface area contributed by atoms with E-state index >= 15 is 0 Å². The van der Waals surface area contributed by atoms with Crippen molar-refractivity contribution in [2.75, 3.05) is 19.6 Å². The van der Waals surface area contributed by atoms with Crippen molar-refractivity contribution in [2.45, 2.75) is 19.9 Å². The number of benzene rings is 1. The van der Waals surface area contributed by atoms with Gasteiger partial charge in [-0.3, -0.25) is 9.69 Å². The standard InChI is InChI=1S/C17H21ClN2OS/c1-3-20(4-2)16(14-7-5-6-8-15(14)18)11-19-17(21)13-9-10-22-12-13/h5-10,12,16H,3-4,11H2,1-2H3,(H,19,21). The van der Waals surface area contributed by atoms with Crippen molar-refractivity contribution in [1.82, 2.24) is 10.2 Å². The van der Waals surface area contributed by atoms with Crippen LogP contribution in [-0.2, 0) is 0 Å². The van der Waals surface area contributed by atoms with Crippen molar-refractivity contribution in [1.29, 1.82) is 0 Å². The molecule has 1 N–H and O–H groups in total. The van der Waals surface area contributed by atoms with Crippen LogP contribution in [0.2, 0.25) is 5.02 Å². The zero-order valence-corrected chi connectivity index (χ0v) is 14.5. The Hall–Kier alpha value is -1.36. The number of carbonyl (C=O) groups is 1. The summed E-state index contributed by atoms with van der Waals surface area (Å²) in [5, 5.41) is 7.53. The van der Waals surface area contributed by atoms with Crippen molar-refractivity contribution >= 4 is 28.8 Å². The first-order chi connectivity index (χ1) is 10.7. The van der Waals surface area contributed by atoms with Gasteiger partial charge in [0.1, 0.15) is 0 Å². The van der Waals surface area contributed by atoms with E-state index in [1.54, 1.807) is 0 Å². The lowest BCUT2D eigenvalue weighted by Gasteiger charge is -2.30. The molecule has 0 fully saturated rings. The van der Waals surface area contributed by atoms with Crippen LogP contribution >= 0.6 is 22.9 Å². The third-order valence-corrected chi connectivity index (χ3v) is 4.78. The molecule has 118 valence electrons. The van der Waals surface area contributed by atoms with Gasteiger partial charge in [-0.25, -0.2) is 0 Å². The van der Waals surface area contributed by atoms with Crippen LogP contribution in [0.4, 0.5) is 0 Å². The van der Waals surface area contributed by atoms with Gasteiger partial charge in [-0.1, -0.05) is 43.6 Å². The van der Waals surface area contributed by atoms with Crippen LogP contribution in [0.3, 0.4) is 0 Å². The summed E-state index contributed by atoms with van der Waals surface area (Å²) in [7, 11) is 0. The second-order valence-corrected chi connectivity index (χ2v) is 6.17. The number of likely N-dealkylation sites (N-methyl/N-ethyl adjacent to an activating group) is 1. The number of amides is 1. The van der Waals surface area contributed by atoms with E-state index in [1.165, 1.54) is 11.3 Å². The molecule has 0 radical (unpaired) electrons. The maximum absolute atomic E-state index is 12.2. The molecule has 1 atom stereocenters. The van der Waals surface area contributed by atoms with E-state index in [-0.39, 0.29) is 11.9 Å². The number of nitrogens with zero attached hydrogens (tertiary/aromatic N) is 1. The highest BCUT2D eigenvalue weighted by molar-refractivity contribution is 7.08. The van der Waals surface area contributed by atoms with E-state index in [9.17, 15) is 4.79 Å². The van der Waals surface area contributed by atoms with E-state index in [1.807, 2.05) is 41.1 Å². The molecule has 1 heterocycles. The summed E-state index contributed by atoms with van der Waals surface area (Å²) in [6, 6.07) is 9.75. The Morgan fingerprint density at radius 3 is 2.59 bits per heavy atom. The molecule has 0 aliphatic heterocycles. The van der Waals surface area contributed by atoms with Gasteiger partial charge in [0, 0.05) is 22.5 Å². The Labute approximate surface area is 140 Å². The first kappa shape index (κ1) is 17.0. The minimum atomic E-state index is -0.0366. The minimum Gasteiger partial charge on any atom is -0.350 e. The number of thiophene rings is 1. The van der Waals surface area contributed by atoms with Crippen molar-refractivity contribution in [3.63, 3.8) is 0 Å². The number of hydrogen-bond acceptors (Lipinski definition) is 3. The van der Waals surface area contributed by atoms with E-state index in [4.69, 9.17) is 11.6 Å². The summed E-state index contributed by atoms with van der Waals surface area (Å²) in [6.45, 7) is 6.59. The van der Waals surface area contributed by atoms with E-state index in [2.05, 4.69) is 24.1 Å². The van der Waals surface area contributed by atoms with Crippen LogP contribution in [0.15, 0.2) is 41.1 Å². The van der Waals surface area contributed by atoms with Gasteiger partial charge in [-0.15, -0.1) is 0 Å². The molecule has 0 aliphatic carbocycles. The third kappa shape index (κ3) is 4.09. The van der Waals surface area contributed by atoms with Crippen LogP contribution in [0, 0.1) is 0 Å². The van der Waals surface area contributed by atoms with Gasteiger partial charge in [0.05, 0.1) is 6.04 Å². The lowest BCUT2D eigenvalue weighted by molar-refractivity contribution is 0.0935. The van der Waals surface area contributed by atoms with Gasteiger partial charge in [0.15, 0.2) is 0 Å². The monoisotopic (exact) mass is 336 g/mol. The highest BCUT2D eigenvalue weighted by atomic mass is 35.5. The second kappa shape index (κ2) is 8.32. The Balaban J connectivity index is 2.15. The molecule has 0 spiro atoms. The van der Waals surface area contributed by atoms with Crippen molar-refractivity contribution in [3.05, 3.63) is 57.2 Å². The smallest absolute Gasteiger partial charge is 0.252 e. The van der Waals surface area contributed by atoms with Gasteiger partial charge < -0.3 is 5.32 Å². The second-order valence-electron chi connectivity index (χ2n) is 4.98. The highest BCUT2D eigenvalue weighted by Gasteiger charge is 2.21. The molecule has 0 aliphatic rings. The van der Waals surface area contributed by atoms with Gasteiger partial charge in [0.2, 0.25) is 0 Å². The zero-order valence-electron chi connectivity index (χ0n) is 12.9. The molecule has 2 rings (SSSR count). The fourth-order valence-electron chi connectivity index (χ4n) is 2.53. The van der Waals surface area contributed by atoms with Crippen LogP contribution in [0.25, 0.3) is 0 Å². The Morgan fingerprint density at radius 1 is 1.27 bits per heavy atom. The van der Waals surface area contributed by atoms with Crippen LogP contribution in [0.5, 0.6) is 0 Å². The number of nitrogens with one attached hydrogen (secondary N) is 1. The normalized spacial score (nSPS) is 12.4. The van der Waals surface area contributed by atoms with Gasteiger partial charge in [0.25, 0.3) is 5.91 Å². The minimum absolute atomic E-state index is 0.0366. The SMILES string of the molecule is CCN(CC)C(CNC(=O)c1ccsc1)c1ccccc1Cl. The maximum atomic E-state index is 12.2. The maximum Gasteiger partial charge on any atom is 0.252 e. The fraction of sp³-hybridized carbons (Fsp3) is 0.353. The molecule has 1 unspecified atom stereocenters. The summed E-state index contributed by atoms with van der Waals surface area (Å²) >= 11 is 7.88. The topological polar surface area (TPSA) is 32.3 Å². The first-order valence-corrected chi connectivity index (χ1v) is 8.78. The Kier molecular flexibility index (Phi) is 6.43. The lowest BCUT2D eigenvalue weighted by Crippen LogP contribution is -2.38. The molecule has 0 saturated carbocycles. The molecule has 2 aromatic rings. The average molecular weight is 337 g/mol. The zero-order chi connectivity index (χ0) is 15.9. The number of carbonyl (C=O) groups excluding carboxylic acids is 1. The van der Waals surface area contributed by atoms with Crippen LogP contribution in [0.1, 0.15) is 35.8 Å². The lowest BCUT2D eigenvalue weighted by atomic mass is 10.0. The molecule has 1 amide bonds. The fourth-order valence-corrected chi connectivity index (χ4v) is 3.43. The molecule has 5 heteroatoms. The van der Waals surface area contributed by atoms with Crippen molar-refractivity contribution < 1.29 is 4.79 Å². The summed E-state index contributed by atoms with van der Waals surface area (Å²) in [4.78, 5) is 14.5. The molecular weight excluding hydrogens is 316 g/mol. The Bertz CT molecular complexity index is 596. The quantitative estimate of drug-likeness (QED) is 0.821. The van der Waals surface area contributed by atoms with Gasteiger partial charge in [-0.05, 0) is 36.2 Å². The highest BCUT2D eigenvalue weighted by Crippen LogP contribution is 2.27. The predicted octanol–water partition coefficient (Wildman–Crippen LogP) is 4.21. The summed E-state index contributed by atoms with van der Waals surface area (Å²) in [5.41, 5.74) is 1.76. The van der Waals surface area contributed by atoms with E-state index in [0.29, 0.717) is 12.1 Å². The van der Waals surface area contributed by atoms with Crippen molar-refractivity contribution in [3.8, 4) is 0 Å². The summed E-state index contributed by atoms with van der Waals surface area (Å²) in [6.07, 6.45) is 0. The van der Waals surface area contributed by atoms with Gasteiger partial charge in [-0.2, -0.15) is 11.3 Å². The molecular formula is C17H21ClN2OS. The number of hydrogen-bond donors (Lipinski definition) is 1. The summed E-state index contributed by atoms with van der Waals surface area (Å²) < 4.78 is 0.